The molecular weight excluding hydrogens is 514 g/mol. The number of benzene rings is 2. The van der Waals surface area contributed by atoms with E-state index in [-0.39, 0.29) is 34.9 Å². The van der Waals surface area contributed by atoms with Crippen LogP contribution < -0.4 is 10.1 Å². The van der Waals surface area contributed by atoms with Crippen LogP contribution in [0.5, 0.6) is 5.75 Å². The second-order valence-electron chi connectivity index (χ2n) is 12.5. The lowest BCUT2D eigenvalue weighted by molar-refractivity contribution is -0.121. The van der Waals surface area contributed by atoms with Gasteiger partial charge >= 0.3 is 0 Å². The van der Waals surface area contributed by atoms with Gasteiger partial charge in [0.05, 0.1) is 5.92 Å². The first-order chi connectivity index (χ1) is 18.3. The van der Waals surface area contributed by atoms with Crippen molar-refractivity contribution in [2.45, 2.75) is 66.2 Å². The third kappa shape index (κ3) is 5.67. The smallest absolute Gasteiger partial charge is 0.262 e. The third-order valence-corrected chi connectivity index (χ3v) is 7.79. The highest BCUT2D eigenvalue weighted by Crippen LogP contribution is 2.54. The van der Waals surface area contributed by atoms with Gasteiger partial charge in [-0.1, -0.05) is 57.0 Å². The summed E-state index contributed by atoms with van der Waals surface area (Å²) >= 11 is 6.46. The summed E-state index contributed by atoms with van der Waals surface area (Å²) in [5.41, 5.74) is 2.84. The van der Waals surface area contributed by atoms with E-state index in [4.69, 9.17) is 21.1 Å². The van der Waals surface area contributed by atoms with Crippen LogP contribution in [-0.2, 0) is 19.1 Å². The van der Waals surface area contributed by atoms with E-state index in [9.17, 15) is 14.4 Å². The van der Waals surface area contributed by atoms with Crippen molar-refractivity contribution < 1.29 is 23.9 Å². The van der Waals surface area contributed by atoms with Crippen LogP contribution in [0.3, 0.4) is 0 Å². The Morgan fingerprint density at radius 2 is 1.49 bits per heavy atom. The summed E-state index contributed by atoms with van der Waals surface area (Å²) in [5.74, 6) is 0.570. The lowest BCUT2D eigenvalue weighted by Gasteiger charge is -2.43. The van der Waals surface area contributed by atoms with Crippen LogP contribution in [0.15, 0.2) is 65.1 Å². The molecule has 2 aromatic rings. The number of carbonyl (C=O) groups is 3. The number of aryl methyl sites for hydroxylation is 1. The molecule has 0 atom stereocenters. The maximum absolute atomic E-state index is 13.6. The molecule has 1 heterocycles. The van der Waals surface area contributed by atoms with Gasteiger partial charge in [0.15, 0.2) is 18.2 Å². The Balaban J connectivity index is 1.53. The Kier molecular flexibility index (Phi) is 6.96. The molecule has 1 amide bonds. The molecule has 39 heavy (non-hydrogen) atoms. The fraction of sp³-hybridized carbons (Fsp3) is 0.406. The normalized spacial score (nSPS) is 20.3. The molecule has 3 aliphatic rings. The lowest BCUT2D eigenvalue weighted by atomic mass is 9.65. The summed E-state index contributed by atoms with van der Waals surface area (Å²) in [4.78, 5) is 40.0. The molecule has 0 spiro atoms. The molecule has 5 rings (SSSR count). The number of halogens is 1. The van der Waals surface area contributed by atoms with E-state index >= 15 is 0 Å². The van der Waals surface area contributed by atoms with Crippen LogP contribution in [0, 0.1) is 17.8 Å². The highest BCUT2D eigenvalue weighted by molar-refractivity contribution is 6.30. The number of allylic oxidation sites excluding steroid dienone is 4. The number of carbonyl (C=O) groups excluding carboxylic acids is 3. The van der Waals surface area contributed by atoms with Gasteiger partial charge in [0.1, 0.15) is 17.3 Å². The van der Waals surface area contributed by atoms with Crippen molar-refractivity contribution in [1.29, 1.82) is 0 Å². The van der Waals surface area contributed by atoms with E-state index in [1.165, 1.54) is 0 Å². The Hall–Kier alpha value is -3.38. The summed E-state index contributed by atoms with van der Waals surface area (Å²) in [5, 5.41) is 3.28. The van der Waals surface area contributed by atoms with Gasteiger partial charge in [-0.3, -0.25) is 14.4 Å². The van der Waals surface area contributed by atoms with Gasteiger partial charge in [0, 0.05) is 53.1 Å². The third-order valence-electron chi connectivity index (χ3n) is 7.56. The molecule has 1 N–H and O–H groups in total. The quantitative estimate of drug-likeness (QED) is 0.433. The van der Waals surface area contributed by atoms with Crippen molar-refractivity contribution in [1.82, 2.24) is 0 Å². The molecule has 1 aliphatic heterocycles. The number of hydrogen-bond donors (Lipinski definition) is 1. The number of nitrogens with one attached hydrogen (secondary N) is 1. The second kappa shape index (κ2) is 9.98. The van der Waals surface area contributed by atoms with Crippen LogP contribution in [-0.4, -0.2) is 24.1 Å². The fourth-order valence-electron chi connectivity index (χ4n) is 5.84. The predicted molar refractivity (Wildman–Crippen MR) is 151 cm³/mol. The van der Waals surface area contributed by atoms with Gasteiger partial charge < -0.3 is 14.8 Å². The second-order valence-corrected chi connectivity index (χ2v) is 12.9. The predicted octanol–water partition coefficient (Wildman–Crippen LogP) is 7.07. The van der Waals surface area contributed by atoms with Crippen molar-refractivity contribution >= 4 is 34.8 Å². The van der Waals surface area contributed by atoms with E-state index in [0.717, 1.165) is 5.56 Å². The molecule has 0 saturated heterocycles. The average molecular weight is 548 g/mol. The minimum atomic E-state index is -0.662. The SMILES string of the molecule is Cc1ccc(NC(=O)COc2ccc(Cl)cc2C2C3=C(CC(C)(C)CC3=O)OC3=C2C(=O)CC(C)(C)C3)cc1. The van der Waals surface area contributed by atoms with E-state index in [0.29, 0.717) is 70.4 Å². The first kappa shape index (κ1) is 27.2. The lowest BCUT2D eigenvalue weighted by Crippen LogP contribution is -2.37. The van der Waals surface area contributed by atoms with E-state index in [1.54, 1.807) is 18.2 Å². The molecule has 0 bridgehead atoms. The number of amides is 1. The number of Topliss-reactive ketones (excluding diaryl/α,β-unsaturated/α-hetero) is 2. The van der Waals surface area contributed by atoms with E-state index in [2.05, 4.69) is 5.32 Å². The van der Waals surface area contributed by atoms with Gasteiger partial charge in [-0.2, -0.15) is 0 Å². The number of ether oxygens (including phenoxy) is 2. The Morgan fingerprint density at radius 3 is 2.05 bits per heavy atom. The van der Waals surface area contributed by atoms with Gasteiger partial charge in [0.2, 0.25) is 0 Å². The summed E-state index contributed by atoms with van der Waals surface area (Å²) < 4.78 is 12.4. The van der Waals surface area contributed by atoms with Crippen LogP contribution >= 0.6 is 11.6 Å². The number of ketones is 2. The number of hydrogen-bond acceptors (Lipinski definition) is 5. The van der Waals surface area contributed by atoms with Crippen LogP contribution in [0.4, 0.5) is 5.69 Å². The van der Waals surface area contributed by atoms with Gasteiger partial charge in [-0.25, -0.2) is 0 Å². The van der Waals surface area contributed by atoms with Crippen molar-refractivity contribution in [3.05, 3.63) is 81.3 Å². The Bertz CT molecular complexity index is 1380. The van der Waals surface area contributed by atoms with Gasteiger partial charge in [0.25, 0.3) is 5.91 Å². The zero-order chi connectivity index (χ0) is 28.1. The van der Waals surface area contributed by atoms with E-state index < -0.39 is 5.92 Å². The molecule has 204 valence electrons. The van der Waals surface area contributed by atoms with Gasteiger partial charge in [-0.05, 0) is 48.1 Å². The summed E-state index contributed by atoms with van der Waals surface area (Å²) in [7, 11) is 0. The molecule has 0 fully saturated rings. The Labute approximate surface area is 234 Å². The van der Waals surface area contributed by atoms with Crippen LogP contribution in [0.1, 0.15) is 70.4 Å². The molecule has 2 aliphatic carbocycles. The number of anilines is 1. The summed E-state index contributed by atoms with van der Waals surface area (Å²) in [6.45, 7) is 9.93. The maximum Gasteiger partial charge on any atom is 0.262 e. The van der Waals surface area contributed by atoms with Crippen molar-refractivity contribution in [2.24, 2.45) is 10.8 Å². The maximum atomic E-state index is 13.6. The molecule has 0 saturated carbocycles. The topological polar surface area (TPSA) is 81.7 Å². The zero-order valence-electron chi connectivity index (χ0n) is 23.1. The zero-order valence-corrected chi connectivity index (χ0v) is 23.8. The van der Waals surface area contributed by atoms with Crippen molar-refractivity contribution in [2.75, 3.05) is 11.9 Å². The van der Waals surface area contributed by atoms with Crippen LogP contribution in [0.25, 0.3) is 0 Å². The number of rotatable bonds is 5. The monoisotopic (exact) mass is 547 g/mol. The largest absolute Gasteiger partial charge is 0.483 e. The Morgan fingerprint density at radius 1 is 0.923 bits per heavy atom. The van der Waals surface area contributed by atoms with Crippen molar-refractivity contribution in [3.63, 3.8) is 0 Å². The average Bonchev–Trinajstić information content (AvgIpc) is 2.82. The highest BCUT2D eigenvalue weighted by atomic mass is 35.5. The molecule has 7 heteroatoms. The summed E-state index contributed by atoms with van der Waals surface area (Å²) in [6, 6.07) is 12.6. The fourth-order valence-corrected chi connectivity index (χ4v) is 6.02. The minimum absolute atomic E-state index is 0.0431. The molecule has 0 unspecified atom stereocenters. The first-order valence-corrected chi connectivity index (χ1v) is 13.7. The molecule has 6 nitrogen and oxygen atoms in total. The molecule has 0 aromatic heterocycles. The molecule has 2 aromatic carbocycles. The first-order valence-electron chi connectivity index (χ1n) is 13.3. The van der Waals surface area contributed by atoms with Gasteiger partial charge in [-0.15, -0.1) is 0 Å². The standard InChI is InChI=1S/C32H34ClNO5/c1-18-6-9-20(10-7-18)34-27(37)17-38-24-11-8-19(33)12-21(24)28-29-22(35)13-31(2,3)15-25(29)39-26-16-32(4,5)14-23(36)30(26)28/h6-12,28H,13-17H2,1-5H3,(H,34,37). The molecule has 0 radical (unpaired) electrons. The minimum Gasteiger partial charge on any atom is -0.483 e. The summed E-state index contributed by atoms with van der Waals surface area (Å²) in [6.07, 6.45) is 1.88. The molecular formula is C32H34ClNO5. The van der Waals surface area contributed by atoms with Crippen molar-refractivity contribution in [3.8, 4) is 5.75 Å². The van der Waals surface area contributed by atoms with E-state index in [1.807, 2.05) is 58.9 Å². The highest BCUT2D eigenvalue weighted by Gasteiger charge is 2.48. The van der Waals surface area contributed by atoms with Crippen LogP contribution in [0.2, 0.25) is 5.02 Å².